The molecule has 1 aromatic carbocycles. The van der Waals surface area contributed by atoms with E-state index in [9.17, 15) is 24.4 Å². The van der Waals surface area contributed by atoms with Crippen LogP contribution in [0.2, 0.25) is 0 Å². The Bertz CT molecular complexity index is 835. The number of carbonyl (C=O) groups is 4. The van der Waals surface area contributed by atoms with Crippen molar-refractivity contribution in [3.05, 3.63) is 35.4 Å². The molecule has 0 aromatic heterocycles. The number of hydrogen-bond acceptors (Lipinski definition) is 6. The van der Waals surface area contributed by atoms with Gasteiger partial charge in [0.25, 0.3) is 17.7 Å². The van der Waals surface area contributed by atoms with Crippen LogP contribution in [0.1, 0.15) is 47.4 Å². The Morgan fingerprint density at radius 3 is 2.33 bits per heavy atom. The van der Waals surface area contributed by atoms with E-state index < -0.39 is 41.9 Å². The zero-order valence-electron chi connectivity index (χ0n) is 15.0. The van der Waals surface area contributed by atoms with E-state index in [1.165, 1.54) is 19.1 Å². The third-order valence-electron chi connectivity index (χ3n) is 4.92. The highest BCUT2D eigenvalue weighted by molar-refractivity contribution is 6.22. The van der Waals surface area contributed by atoms with Crippen LogP contribution in [-0.4, -0.2) is 46.8 Å². The van der Waals surface area contributed by atoms with E-state index in [1.807, 2.05) is 0 Å². The number of imide groups is 1. The van der Waals surface area contributed by atoms with Crippen molar-refractivity contribution in [2.45, 2.75) is 38.3 Å². The molecule has 0 radical (unpaired) electrons. The maximum absolute atomic E-state index is 12.4. The number of nitrogens with one attached hydrogen (secondary N) is 1. The predicted octanol–water partition coefficient (Wildman–Crippen LogP) is 1.02. The molecule has 3 amide bonds. The summed E-state index contributed by atoms with van der Waals surface area (Å²) in [4.78, 5) is 49.9. The molecule has 0 spiro atoms. The van der Waals surface area contributed by atoms with E-state index in [0.717, 1.165) is 17.7 Å². The van der Waals surface area contributed by atoms with Gasteiger partial charge in [0, 0.05) is 0 Å². The van der Waals surface area contributed by atoms with Gasteiger partial charge in [-0.2, -0.15) is 5.26 Å². The molecule has 8 heteroatoms. The quantitative estimate of drug-likeness (QED) is 0.591. The molecule has 3 rings (SSSR count). The number of hydrogen-bond donors (Lipinski definition) is 1. The average molecular weight is 369 g/mol. The standard InChI is InChI=1S/C19H19N3O5/c1-11(22-16(24)13-5-3-4-6-14(13)17(22)25)18(26)27-9-15(23)21-19(2,10-20)12-7-8-12/h3-6,11-12H,7-9H2,1-2H3,(H,21,23)/t11-,19-/m1/s1. The second-order valence-corrected chi connectivity index (χ2v) is 6.95. The number of nitriles is 1. The summed E-state index contributed by atoms with van der Waals surface area (Å²) < 4.78 is 4.96. The van der Waals surface area contributed by atoms with E-state index in [1.54, 1.807) is 19.1 Å². The van der Waals surface area contributed by atoms with Crippen LogP contribution in [0.4, 0.5) is 0 Å². The Morgan fingerprint density at radius 2 is 1.85 bits per heavy atom. The zero-order chi connectivity index (χ0) is 19.8. The average Bonchev–Trinajstić information content (AvgIpc) is 3.48. The van der Waals surface area contributed by atoms with Gasteiger partial charge in [-0.3, -0.25) is 19.3 Å². The fraction of sp³-hybridized carbons (Fsp3) is 0.421. The second-order valence-electron chi connectivity index (χ2n) is 6.95. The molecule has 0 bridgehead atoms. The van der Waals surface area contributed by atoms with Gasteiger partial charge in [0.2, 0.25) is 0 Å². The summed E-state index contributed by atoms with van der Waals surface area (Å²) in [6.45, 7) is 2.41. The first-order valence-corrected chi connectivity index (χ1v) is 8.64. The lowest BCUT2D eigenvalue weighted by molar-refractivity contribution is -0.152. The van der Waals surface area contributed by atoms with Gasteiger partial charge in [-0.1, -0.05) is 12.1 Å². The third kappa shape index (κ3) is 3.40. The molecule has 1 N–H and O–H groups in total. The fourth-order valence-corrected chi connectivity index (χ4v) is 3.13. The molecule has 0 unspecified atom stereocenters. The Labute approximate surface area is 156 Å². The van der Waals surface area contributed by atoms with Gasteiger partial charge in [0.1, 0.15) is 11.6 Å². The highest BCUT2D eigenvalue weighted by Crippen LogP contribution is 2.39. The largest absolute Gasteiger partial charge is 0.454 e. The third-order valence-corrected chi connectivity index (χ3v) is 4.92. The molecular weight excluding hydrogens is 350 g/mol. The van der Waals surface area contributed by atoms with Crippen LogP contribution >= 0.6 is 0 Å². The highest BCUT2D eigenvalue weighted by atomic mass is 16.5. The maximum atomic E-state index is 12.4. The lowest BCUT2D eigenvalue weighted by atomic mass is 9.98. The first-order chi connectivity index (χ1) is 12.8. The van der Waals surface area contributed by atoms with Crippen molar-refractivity contribution in [1.82, 2.24) is 10.2 Å². The summed E-state index contributed by atoms with van der Waals surface area (Å²) >= 11 is 0. The Balaban J connectivity index is 1.59. The summed E-state index contributed by atoms with van der Waals surface area (Å²) in [5, 5.41) is 11.8. The van der Waals surface area contributed by atoms with Crippen LogP contribution < -0.4 is 5.32 Å². The molecule has 140 valence electrons. The topological polar surface area (TPSA) is 117 Å². The molecule has 2 aliphatic rings. The minimum Gasteiger partial charge on any atom is -0.454 e. The van der Waals surface area contributed by atoms with Crippen molar-refractivity contribution >= 4 is 23.7 Å². The van der Waals surface area contributed by atoms with Gasteiger partial charge < -0.3 is 10.1 Å². The monoisotopic (exact) mass is 369 g/mol. The normalized spacial score (nSPS) is 18.9. The van der Waals surface area contributed by atoms with Gasteiger partial charge >= 0.3 is 5.97 Å². The lowest BCUT2D eigenvalue weighted by Gasteiger charge is -2.24. The summed E-state index contributed by atoms with van der Waals surface area (Å²) in [7, 11) is 0. The van der Waals surface area contributed by atoms with Crippen molar-refractivity contribution in [2.24, 2.45) is 5.92 Å². The molecule has 1 heterocycles. The molecule has 0 saturated heterocycles. The number of carbonyl (C=O) groups excluding carboxylic acids is 4. The Hall–Kier alpha value is -3.21. The summed E-state index contributed by atoms with van der Waals surface area (Å²) in [6.07, 6.45) is 1.72. The van der Waals surface area contributed by atoms with Crippen molar-refractivity contribution in [3.63, 3.8) is 0 Å². The van der Waals surface area contributed by atoms with Gasteiger partial charge in [0.05, 0.1) is 17.2 Å². The van der Waals surface area contributed by atoms with E-state index in [-0.39, 0.29) is 17.0 Å². The maximum Gasteiger partial charge on any atom is 0.329 e. The Morgan fingerprint density at radius 1 is 1.30 bits per heavy atom. The molecule has 27 heavy (non-hydrogen) atoms. The highest BCUT2D eigenvalue weighted by Gasteiger charge is 2.44. The molecular formula is C19H19N3O5. The lowest BCUT2D eigenvalue weighted by Crippen LogP contribution is -2.49. The van der Waals surface area contributed by atoms with Crippen LogP contribution in [0.15, 0.2) is 24.3 Å². The predicted molar refractivity (Wildman–Crippen MR) is 92.2 cm³/mol. The van der Waals surface area contributed by atoms with E-state index >= 15 is 0 Å². The number of benzene rings is 1. The minimum atomic E-state index is -1.17. The summed E-state index contributed by atoms with van der Waals surface area (Å²) in [5.41, 5.74) is -0.527. The number of rotatable bonds is 6. The number of esters is 1. The molecule has 2 atom stereocenters. The fourth-order valence-electron chi connectivity index (χ4n) is 3.13. The number of fused-ring (bicyclic) bond motifs is 1. The van der Waals surface area contributed by atoms with Crippen LogP contribution in [-0.2, 0) is 14.3 Å². The molecule has 1 saturated carbocycles. The van der Waals surface area contributed by atoms with Crippen LogP contribution in [0.5, 0.6) is 0 Å². The van der Waals surface area contributed by atoms with Crippen molar-refractivity contribution in [2.75, 3.05) is 6.61 Å². The Kier molecular flexibility index (Phi) is 4.70. The number of amides is 3. The van der Waals surface area contributed by atoms with Crippen LogP contribution in [0, 0.1) is 17.2 Å². The molecule has 8 nitrogen and oxygen atoms in total. The number of ether oxygens (including phenoxy) is 1. The molecule has 1 aliphatic carbocycles. The van der Waals surface area contributed by atoms with Gasteiger partial charge in [-0.15, -0.1) is 0 Å². The van der Waals surface area contributed by atoms with Gasteiger partial charge in [-0.05, 0) is 44.7 Å². The van der Waals surface area contributed by atoms with E-state index in [4.69, 9.17) is 4.74 Å². The van der Waals surface area contributed by atoms with Crippen molar-refractivity contribution in [3.8, 4) is 6.07 Å². The minimum absolute atomic E-state index is 0.0967. The first-order valence-electron chi connectivity index (χ1n) is 8.64. The van der Waals surface area contributed by atoms with Gasteiger partial charge in [-0.25, -0.2) is 4.79 Å². The van der Waals surface area contributed by atoms with Crippen LogP contribution in [0.25, 0.3) is 0 Å². The van der Waals surface area contributed by atoms with Crippen LogP contribution in [0.3, 0.4) is 0 Å². The smallest absolute Gasteiger partial charge is 0.329 e. The number of nitrogens with zero attached hydrogens (tertiary/aromatic N) is 2. The molecule has 1 aliphatic heterocycles. The molecule has 1 fully saturated rings. The van der Waals surface area contributed by atoms with E-state index in [2.05, 4.69) is 11.4 Å². The summed E-state index contributed by atoms with van der Waals surface area (Å²) in [6, 6.07) is 7.20. The van der Waals surface area contributed by atoms with Crippen molar-refractivity contribution < 1.29 is 23.9 Å². The molecule has 1 aromatic rings. The SMILES string of the molecule is C[C@H](C(=O)OCC(=O)N[C@](C)(C#N)C1CC1)N1C(=O)c2ccccc2C1=O. The summed E-state index contributed by atoms with van der Waals surface area (Å²) in [5.74, 6) is -2.52. The second kappa shape index (κ2) is 6.83. The van der Waals surface area contributed by atoms with E-state index in [0.29, 0.717) is 0 Å². The first kappa shape index (κ1) is 18.6. The zero-order valence-corrected chi connectivity index (χ0v) is 15.0. The van der Waals surface area contributed by atoms with Crippen molar-refractivity contribution in [1.29, 1.82) is 5.26 Å². The van der Waals surface area contributed by atoms with Gasteiger partial charge in [0.15, 0.2) is 6.61 Å².